The van der Waals surface area contributed by atoms with Crippen LogP contribution in [0.3, 0.4) is 0 Å². The Morgan fingerprint density at radius 1 is 1.38 bits per heavy atom. The summed E-state index contributed by atoms with van der Waals surface area (Å²) in [7, 11) is 1.64. The Bertz CT molecular complexity index is 666. The number of benzene rings is 1. The lowest BCUT2D eigenvalue weighted by atomic mass is 10.2. The number of amides is 1. The van der Waals surface area contributed by atoms with Gasteiger partial charge in [0, 0.05) is 19.2 Å². The second kappa shape index (κ2) is 5.95. The minimum Gasteiger partial charge on any atom is -0.396 e. The molecule has 0 aliphatic carbocycles. The van der Waals surface area contributed by atoms with Crippen LogP contribution in [0, 0.1) is 19.7 Å². The first-order valence-electron chi connectivity index (χ1n) is 6.67. The van der Waals surface area contributed by atoms with Gasteiger partial charge >= 0.3 is 0 Å². The second-order valence-electron chi connectivity index (χ2n) is 5.08. The van der Waals surface area contributed by atoms with Crippen molar-refractivity contribution in [3.63, 3.8) is 0 Å². The number of nitrogens with two attached hydrogens (primary N) is 1. The van der Waals surface area contributed by atoms with E-state index >= 15 is 0 Å². The summed E-state index contributed by atoms with van der Waals surface area (Å²) < 4.78 is 15.2. The van der Waals surface area contributed by atoms with Crippen LogP contribution < -0.4 is 5.73 Å². The lowest BCUT2D eigenvalue weighted by Crippen LogP contribution is -2.30. The Balaban J connectivity index is 2.06. The SMILES string of the molecule is Cc1nn(CC(=O)N(C)Cc2ccccc2F)c(C)c1N. The third-order valence-corrected chi connectivity index (χ3v) is 3.51. The standard InChI is InChI=1S/C15H19FN4O/c1-10-15(17)11(2)20(18-10)9-14(21)19(3)8-12-6-4-5-7-13(12)16/h4-7H,8-9,17H2,1-3H3. The third-order valence-electron chi connectivity index (χ3n) is 3.51. The Kier molecular flexibility index (Phi) is 4.26. The van der Waals surface area contributed by atoms with Crippen molar-refractivity contribution in [1.29, 1.82) is 0 Å². The molecule has 112 valence electrons. The molecule has 2 N–H and O–H groups in total. The number of nitrogen functional groups attached to an aromatic ring is 1. The maximum Gasteiger partial charge on any atom is 0.244 e. The Labute approximate surface area is 123 Å². The zero-order valence-electron chi connectivity index (χ0n) is 12.4. The van der Waals surface area contributed by atoms with Gasteiger partial charge in [0.2, 0.25) is 5.91 Å². The number of aryl methyl sites for hydroxylation is 1. The van der Waals surface area contributed by atoms with Crippen LogP contribution in [-0.4, -0.2) is 27.6 Å². The maximum absolute atomic E-state index is 13.6. The molecule has 0 radical (unpaired) electrons. The quantitative estimate of drug-likeness (QED) is 0.935. The fraction of sp³-hybridized carbons (Fsp3) is 0.333. The largest absolute Gasteiger partial charge is 0.396 e. The highest BCUT2D eigenvalue weighted by Gasteiger charge is 2.15. The number of aromatic nitrogens is 2. The number of carbonyl (C=O) groups is 1. The summed E-state index contributed by atoms with van der Waals surface area (Å²) in [6.45, 7) is 3.93. The highest BCUT2D eigenvalue weighted by molar-refractivity contribution is 5.76. The molecule has 2 aromatic rings. The summed E-state index contributed by atoms with van der Waals surface area (Å²) in [5.74, 6) is -0.462. The highest BCUT2D eigenvalue weighted by Crippen LogP contribution is 2.15. The van der Waals surface area contributed by atoms with E-state index in [2.05, 4.69) is 5.10 Å². The first kappa shape index (κ1) is 15.0. The second-order valence-corrected chi connectivity index (χ2v) is 5.08. The molecule has 6 heteroatoms. The van der Waals surface area contributed by atoms with Crippen molar-refractivity contribution < 1.29 is 9.18 Å². The number of hydrogen-bond acceptors (Lipinski definition) is 3. The number of halogens is 1. The fourth-order valence-corrected chi connectivity index (χ4v) is 2.08. The zero-order chi connectivity index (χ0) is 15.6. The Morgan fingerprint density at radius 2 is 2.05 bits per heavy atom. The molecule has 0 spiro atoms. The van der Waals surface area contributed by atoms with Gasteiger partial charge in [-0.3, -0.25) is 9.48 Å². The Hall–Kier alpha value is -2.37. The third kappa shape index (κ3) is 3.21. The van der Waals surface area contributed by atoms with E-state index in [1.165, 1.54) is 11.0 Å². The molecule has 21 heavy (non-hydrogen) atoms. The molecule has 1 aromatic carbocycles. The van der Waals surface area contributed by atoms with Gasteiger partial charge in [-0.05, 0) is 19.9 Å². The molecule has 1 heterocycles. The molecule has 1 aromatic heterocycles. The van der Waals surface area contributed by atoms with Crippen molar-refractivity contribution >= 4 is 11.6 Å². The number of anilines is 1. The predicted molar refractivity (Wildman–Crippen MR) is 79.0 cm³/mol. The number of likely N-dealkylation sites (N-methyl/N-ethyl adjacent to an activating group) is 1. The van der Waals surface area contributed by atoms with E-state index in [9.17, 15) is 9.18 Å². The molecule has 0 atom stereocenters. The summed E-state index contributed by atoms with van der Waals surface area (Å²) in [5.41, 5.74) is 8.39. The molecule has 0 fully saturated rings. The average molecular weight is 290 g/mol. The van der Waals surface area contributed by atoms with Gasteiger partial charge in [-0.2, -0.15) is 5.10 Å². The molecular formula is C15H19FN4O. The first-order valence-corrected chi connectivity index (χ1v) is 6.67. The van der Waals surface area contributed by atoms with E-state index in [0.717, 1.165) is 5.69 Å². The van der Waals surface area contributed by atoms with Crippen LogP contribution in [-0.2, 0) is 17.9 Å². The normalized spacial score (nSPS) is 10.7. The van der Waals surface area contributed by atoms with Crippen LogP contribution in [0.25, 0.3) is 0 Å². The van der Waals surface area contributed by atoms with Crippen molar-refractivity contribution in [2.75, 3.05) is 12.8 Å². The maximum atomic E-state index is 13.6. The van der Waals surface area contributed by atoms with E-state index in [1.54, 1.807) is 36.9 Å². The van der Waals surface area contributed by atoms with Gasteiger partial charge in [0.25, 0.3) is 0 Å². The van der Waals surface area contributed by atoms with Crippen LogP contribution in [0.4, 0.5) is 10.1 Å². The first-order chi connectivity index (χ1) is 9.90. The lowest BCUT2D eigenvalue weighted by molar-refractivity contribution is -0.131. The van der Waals surface area contributed by atoms with Crippen LogP contribution in [0.15, 0.2) is 24.3 Å². The summed E-state index contributed by atoms with van der Waals surface area (Å²) in [6.07, 6.45) is 0. The molecule has 0 saturated heterocycles. The molecular weight excluding hydrogens is 271 g/mol. The topological polar surface area (TPSA) is 64.2 Å². The highest BCUT2D eigenvalue weighted by atomic mass is 19.1. The molecule has 0 saturated carbocycles. The molecule has 0 unspecified atom stereocenters. The predicted octanol–water partition coefficient (Wildman–Crippen LogP) is 1.88. The van der Waals surface area contributed by atoms with Gasteiger partial charge in [-0.25, -0.2) is 4.39 Å². The van der Waals surface area contributed by atoms with Gasteiger partial charge in [-0.15, -0.1) is 0 Å². The van der Waals surface area contributed by atoms with Crippen molar-refractivity contribution in [3.8, 4) is 0 Å². The molecule has 1 amide bonds. The summed E-state index contributed by atoms with van der Waals surface area (Å²) in [6, 6.07) is 6.42. The monoisotopic (exact) mass is 290 g/mol. The van der Waals surface area contributed by atoms with Crippen LogP contribution in [0.5, 0.6) is 0 Å². The van der Waals surface area contributed by atoms with Crippen molar-refractivity contribution in [1.82, 2.24) is 14.7 Å². The number of carbonyl (C=O) groups excluding carboxylic acids is 1. The molecule has 2 rings (SSSR count). The minimum atomic E-state index is -0.312. The summed E-state index contributed by atoms with van der Waals surface area (Å²) in [5, 5.41) is 4.23. The van der Waals surface area contributed by atoms with Crippen molar-refractivity contribution in [3.05, 3.63) is 47.0 Å². The van der Waals surface area contributed by atoms with Gasteiger partial charge in [-0.1, -0.05) is 18.2 Å². The Morgan fingerprint density at radius 3 is 2.62 bits per heavy atom. The average Bonchev–Trinajstić information content (AvgIpc) is 2.68. The van der Waals surface area contributed by atoms with E-state index in [0.29, 0.717) is 16.9 Å². The lowest BCUT2D eigenvalue weighted by Gasteiger charge is -2.18. The van der Waals surface area contributed by atoms with Gasteiger partial charge in [0.15, 0.2) is 0 Å². The number of rotatable bonds is 4. The molecule has 0 aliphatic rings. The van der Waals surface area contributed by atoms with Crippen molar-refractivity contribution in [2.24, 2.45) is 0 Å². The zero-order valence-corrected chi connectivity index (χ0v) is 12.4. The van der Waals surface area contributed by atoms with E-state index < -0.39 is 0 Å². The van der Waals surface area contributed by atoms with E-state index in [1.807, 2.05) is 6.92 Å². The molecule has 0 bridgehead atoms. The fourth-order valence-electron chi connectivity index (χ4n) is 2.08. The summed E-state index contributed by atoms with van der Waals surface area (Å²) in [4.78, 5) is 13.7. The van der Waals surface area contributed by atoms with Gasteiger partial charge in [0.05, 0.1) is 17.1 Å². The van der Waals surface area contributed by atoms with Crippen LogP contribution in [0.1, 0.15) is 17.0 Å². The van der Waals surface area contributed by atoms with Crippen molar-refractivity contribution in [2.45, 2.75) is 26.9 Å². The van der Waals surface area contributed by atoms with Crippen LogP contribution in [0.2, 0.25) is 0 Å². The molecule has 0 aliphatic heterocycles. The number of nitrogens with zero attached hydrogens (tertiary/aromatic N) is 3. The van der Waals surface area contributed by atoms with E-state index in [4.69, 9.17) is 5.73 Å². The molecule has 5 nitrogen and oxygen atoms in total. The minimum absolute atomic E-state index is 0.0921. The summed E-state index contributed by atoms with van der Waals surface area (Å²) >= 11 is 0. The van der Waals surface area contributed by atoms with Gasteiger partial charge < -0.3 is 10.6 Å². The van der Waals surface area contributed by atoms with Gasteiger partial charge in [0.1, 0.15) is 12.4 Å². The number of hydrogen-bond donors (Lipinski definition) is 1. The smallest absolute Gasteiger partial charge is 0.244 e. The van der Waals surface area contributed by atoms with Crippen LogP contribution >= 0.6 is 0 Å². The van der Waals surface area contributed by atoms with E-state index in [-0.39, 0.29) is 24.8 Å².